The van der Waals surface area contributed by atoms with Crippen molar-refractivity contribution in [2.24, 2.45) is 0 Å². The van der Waals surface area contributed by atoms with Crippen molar-refractivity contribution in [3.63, 3.8) is 0 Å². The van der Waals surface area contributed by atoms with Crippen molar-refractivity contribution < 1.29 is 39.8 Å². The molecule has 1 heterocycles. The van der Waals surface area contributed by atoms with E-state index in [1.54, 1.807) is 0 Å². The molecule has 1 amide bonds. The summed E-state index contributed by atoms with van der Waals surface area (Å²) in [7, 11) is 0. The molecule has 7 atom stereocenters. The van der Waals surface area contributed by atoms with Crippen LogP contribution in [0.1, 0.15) is 149 Å². The largest absolute Gasteiger partial charge is 0.394 e. The van der Waals surface area contributed by atoms with E-state index >= 15 is 0 Å². The first kappa shape index (κ1) is 39.2. The van der Waals surface area contributed by atoms with Gasteiger partial charge in [0.15, 0.2) is 6.29 Å². The molecular weight excluding hydrogens is 538 g/mol. The smallest absolute Gasteiger partial charge is 0.220 e. The minimum absolute atomic E-state index is 0.134. The minimum atomic E-state index is -1.54. The van der Waals surface area contributed by atoms with Crippen LogP contribution in [0, 0.1) is 0 Å². The highest BCUT2D eigenvalue weighted by atomic mass is 16.7. The zero-order chi connectivity index (χ0) is 31.0. The number of unbranched alkanes of at least 4 members (excludes halogenated alkanes) is 17. The van der Waals surface area contributed by atoms with Crippen molar-refractivity contribution in [1.29, 1.82) is 0 Å². The van der Waals surface area contributed by atoms with Crippen LogP contribution in [-0.4, -0.2) is 87.5 Å². The maximum absolute atomic E-state index is 12.8. The lowest BCUT2D eigenvalue weighted by Crippen LogP contribution is -2.60. The van der Waals surface area contributed by atoms with Crippen LogP contribution in [0.2, 0.25) is 0 Å². The van der Waals surface area contributed by atoms with Gasteiger partial charge in [0.2, 0.25) is 5.91 Å². The number of carbonyl (C=O) groups excluding carboxylic acids is 1. The number of nitrogens with one attached hydrogen (secondary N) is 1. The molecule has 0 aromatic heterocycles. The van der Waals surface area contributed by atoms with E-state index in [4.69, 9.17) is 9.47 Å². The average Bonchev–Trinajstić information content (AvgIpc) is 2.98. The topological polar surface area (TPSA) is 149 Å². The van der Waals surface area contributed by atoms with Gasteiger partial charge in [-0.3, -0.25) is 4.79 Å². The van der Waals surface area contributed by atoms with Gasteiger partial charge in [-0.1, -0.05) is 129 Å². The summed E-state index contributed by atoms with van der Waals surface area (Å²) >= 11 is 0. The van der Waals surface area contributed by atoms with Crippen molar-refractivity contribution in [3.8, 4) is 0 Å². The number of amides is 1. The Morgan fingerprint density at radius 2 is 1.19 bits per heavy atom. The second-order valence-corrected chi connectivity index (χ2v) is 12.3. The summed E-state index contributed by atoms with van der Waals surface area (Å²) in [5.41, 5.74) is 0. The van der Waals surface area contributed by atoms with Crippen molar-refractivity contribution in [1.82, 2.24) is 5.32 Å². The standard InChI is InChI=1S/C33H65NO8/c1-3-5-7-9-11-13-15-17-19-21-23-29(37)34-26(27(36)22-20-18-16-14-12-10-8-6-4-2)25-41-33-32(40)31(39)30(38)28(24-35)42-33/h26-28,30-33,35-36,38-40H,3-25H2,1-2H3,(H,34,37)/t26-,27+,28+,30-,31?,32?,33+/m0/s1. The fraction of sp³-hybridized carbons (Fsp3) is 0.970. The molecule has 0 aliphatic carbocycles. The summed E-state index contributed by atoms with van der Waals surface area (Å²) in [5.74, 6) is -0.150. The van der Waals surface area contributed by atoms with Gasteiger partial charge in [0.1, 0.15) is 24.4 Å². The first-order chi connectivity index (χ1) is 20.3. The molecule has 0 saturated carbocycles. The molecule has 1 aliphatic rings. The number of aliphatic hydroxyl groups excluding tert-OH is 5. The highest BCUT2D eigenvalue weighted by Crippen LogP contribution is 2.23. The van der Waals surface area contributed by atoms with Crippen molar-refractivity contribution >= 4 is 5.91 Å². The highest BCUT2D eigenvalue weighted by Gasteiger charge is 2.44. The zero-order valence-corrected chi connectivity index (χ0v) is 26.8. The molecular formula is C33H65NO8. The summed E-state index contributed by atoms with van der Waals surface area (Å²) in [6.45, 7) is 3.76. The van der Waals surface area contributed by atoms with Crippen LogP contribution in [0.4, 0.5) is 0 Å². The van der Waals surface area contributed by atoms with Gasteiger partial charge >= 0.3 is 0 Å². The second kappa shape index (κ2) is 25.5. The Hall–Kier alpha value is -0.810. The molecule has 0 aromatic carbocycles. The fourth-order valence-electron chi connectivity index (χ4n) is 5.57. The van der Waals surface area contributed by atoms with E-state index < -0.39 is 49.5 Å². The maximum Gasteiger partial charge on any atom is 0.220 e. The molecule has 0 aromatic rings. The van der Waals surface area contributed by atoms with E-state index in [9.17, 15) is 30.3 Å². The lowest BCUT2D eigenvalue weighted by atomic mass is 9.99. The van der Waals surface area contributed by atoms with Gasteiger partial charge < -0.3 is 40.3 Å². The number of hydrogen-bond donors (Lipinski definition) is 6. The lowest BCUT2D eigenvalue weighted by molar-refractivity contribution is -0.302. The second-order valence-electron chi connectivity index (χ2n) is 12.3. The molecule has 9 nitrogen and oxygen atoms in total. The van der Waals surface area contributed by atoms with Gasteiger partial charge in [-0.25, -0.2) is 0 Å². The SMILES string of the molecule is CCCCCCCCCCCCC(=O)N[C@@H](CO[C@@H]1O[C@H](CO)[C@H](O)C(O)C1O)[C@H](O)CCCCCCCCCCC. The molecule has 42 heavy (non-hydrogen) atoms. The third-order valence-corrected chi connectivity index (χ3v) is 8.46. The number of hydrogen-bond acceptors (Lipinski definition) is 8. The van der Waals surface area contributed by atoms with E-state index in [0.717, 1.165) is 38.5 Å². The monoisotopic (exact) mass is 603 g/mol. The summed E-state index contributed by atoms with van der Waals surface area (Å²) < 4.78 is 11.1. The molecule has 1 fully saturated rings. The van der Waals surface area contributed by atoms with Crippen LogP contribution in [0.15, 0.2) is 0 Å². The molecule has 0 spiro atoms. The van der Waals surface area contributed by atoms with Gasteiger partial charge in [0.25, 0.3) is 0 Å². The third kappa shape index (κ3) is 17.5. The Bertz CT molecular complexity index is 637. The van der Waals surface area contributed by atoms with E-state index in [0.29, 0.717) is 12.8 Å². The number of carbonyl (C=O) groups is 1. The van der Waals surface area contributed by atoms with Gasteiger partial charge in [0, 0.05) is 6.42 Å². The third-order valence-electron chi connectivity index (χ3n) is 8.46. The van der Waals surface area contributed by atoms with Crippen molar-refractivity contribution in [2.75, 3.05) is 13.2 Å². The maximum atomic E-state index is 12.8. The zero-order valence-electron chi connectivity index (χ0n) is 26.8. The van der Waals surface area contributed by atoms with Crippen LogP contribution >= 0.6 is 0 Å². The first-order valence-electron chi connectivity index (χ1n) is 17.2. The molecule has 2 unspecified atom stereocenters. The molecule has 1 saturated heterocycles. The van der Waals surface area contributed by atoms with E-state index in [1.165, 1.54) is 83.5 Å². The van der Waals surface area contributed by atoms with Gasteiger partial charge in [-0.2, -0.15) is 0 Å². The Kier molecular flexibility index (Phi) is 23.8. The minimum Gasteiger partial charge on any atom is -0.394 e. The number of rotatable bonds is 27. The quantitative estimate of drug-likeness (QED) is 0.0728. The van der Waals surface area contributed by atoms with Gasteiger partial charge in [-0.05, 0) is 12.8 Å². The molecule has 1 rings (SSSR count). The van der Waals surface area contributed by atoms with E-state index in [2.05, 4.69) is 19.2 Å². The predicted octanol–water partition coefficient (Wildman–Crippen LogP) is 4.88. The number of ether oxygens (including phenoxy) is 2. The molecule has 250 valence electrons. The number of aliphatic hydroxyl groups is 5. The summed E-state index contributed by atoms with van der Waals surface area (Å²) in [4.78, 5) is 12.8. The molecule has 0 bridgehead atoms. The summed E-state index contributed by atoms with van der Waals surface area (Å²) in [6, 6.07) is -0.706. The average molecular weight is 604 g/mol. The van der Waals surface area contributed by atoms with Crippen LogP contribution < -0.4 is 5.32 Å². The predicted molar refractivity (Wildman–Crippen MR) is 166 cm³/mol. The van der Waals surface area contributed by atoms with E-state index in [1.807, 2.05) is 0 Å². The molecule has 9 heteroatoms. The fourth-order valence-corrected chi connectivity index (χ4v) is 5.57. The summed E-state index contributed by atoms with van der Waals surface area (Å²) in [6.07, 6.45) is 15.5. The van der Waals surface area contributed by atoms with Gasteiger partial charge in [0.05, 0.1) is 25.4 Å². The first-order valence-corrected chi connectivity index (χ1v) is 17.2. The van der Waals surface area contributed by atoms with Crippen molar-refractivity contribution in [2.45, 2.75) is 192 Å². The van der Waals surface area contributed by atoms with E-state index in [-0.39, 0.29) is 12.5 Å². The Morgan fingerprint density at radius 3 is 1.69 bits per heavy atom. The van der Waals surface area contributed by atoms with Crippen LogP contribution in [0.5, 0.6) is 0 Å². The summed E-state index contributed by atoms with van der Waals surface area (Å²) in [5, 5.41) is 53.7. The Labute approximate surface area is 255 Å². The highest BCUT2D eigenvalue weighted by molar-refractivity contribution is 5.76. The molecule has 6 N–H and O–H groups in total. The Morgan fingerprint density at radius 1 is 0.714 bits per heavy atom. The Balaban J connectivity index is 2.48. The van der Waals surface area contributed by atoms with Crippen LogP contribution in [0.25, 0.3) is 0 Å². The van der Waals surface area contributed by atoms with Crippen LogP contribution in [-0.2, 0) is 14.3 Å². The molecule has 1 aliphatic heterocycles. The van der Waals surface area contributed by atoms with Gasteiger partial charge in [-0.15, -0.1) is 0 Å². The molecule has 0 radical (unpaired) electrons. The normalized spacial score (nSPS) is 24.0. The lowest BCUT2D eigenvalue weighted by Gasteiger charge is -2.40. The van der Waals surface area contributed by atoms with Crippen molar-refractivity contribution in [3.05, 3.63) is 0 Å². The van der Waals surface area contributed by atoms with Crippen LogP contribution in [0.3, 0.4) is 0 Å².